The summed E-state index contributed by atoms with van der Waals surface area (Å²) in [6.45, 7) is 5.57. The van der Waals surface area contributed by atoms with Crippen molar-refractivity contribution in [3.63, 3.8) is 0 Å². The Bertz CT molecular complexity index is 1160. The van der Waals surface area contributed by atoms with Crippen LogP contribution in [0.3, 0.4) is 0 Å². The monoisotopic (exact) mass is 519 g/mol. The average Bonchev–Trinajstić information content (AvgIpc) is 2.94. The number of hydrogen-bond acceptors (Lipinski definition) is 9. The molecule has 3 aromatic heterocycles. The van der Waals surface area contributed by atoms with E-state index in [2.05, 4.69) is 42.6 Å². The standard InChI is InChI=1S/C28H37N7O3/c1-21-25(8-5-13-30-21)38-19-18-35(17-12-24(28(36)37)34-26-11-15-29-20-32-26)16-3-2-7-23-10-9-22-6-4-14-31-27(22)33-23/h5,8-11,13,15,20,24H,2-4,6-7,12,14,16-19H2,1H3,(H,31,33)(H,36,37)(H,29,32,34)/t24-/m0/s1. The molecule has 0 amide bonds. The highest BCUT2D eigenvalue weighted by atomic mass is 16.5. The molecule has 0 saturated carbocycles. The van der Waals surface area contributed by atoms with Crippen molar-refractivity contribution >= 4 is 17.6 Å². The van der Waals surface area contributed by atoms with Crippen molar-refractivity contribution in [1.82, 2.24) is 24.8 Å². The summed E-state index contributed by atoms with van der Waals surface area (Å²) in [5, 5.41) is 16.2. The molecule has 4 heterocycles. The molecule has 1 aliphatic rings. The number of nitrogens with zero attached hydrogens (tertiary/aromatic N) is 5. The molecule has 3 N–H and O–H groups in total. The molecule has 202 valence electrons. The van der Waals surface area contributed by atoms with Gasteiger partial charge in [-0.05, 0) is 81.8 Å². The number of fused-ring (bicyclic) bond motifs is 1. The van der Waals surface area contributed by atoms with Crippen molar-refractivity contribution in [3.05, 3.63) is 66.0 Å². The molecule has 0 spiro atoms. The number of carboxylic acids is 1. The number of carbonyl (C=O) groups is 1. The predicted octanol–water partition coefficient (Wildman–Crippen LogP) is 3.59. The largest absolute Gasteiger partial charge is 0.490 e. The fourth-order valence-corrected chi connectivity index (χ4v) is 4.52. The Kier molecular flexibility index (Phi) is 10.2. The maximum absolute atomic E-state index is 11.9. The molecule has 10 heteroatoms. The van der Waals surface area contributed by atoms with E-state index in [4.69, 9.17) is 9.72 Å². The van der Waals surface area contributed by atoms with Crippen LogP contribution in [0.25, 0.3) is 0 Å². The number of pyridine rings is 2. The zero-order valence-corrected chi connectivity index (χ0v) is 22.0. The van der Waals surface area contributed by atoms with Gasteiger partial charge in [-0.2, -0.15) is 0 Å². The second-order valence-electron chi connectivity index (χ2n) is 9.49. The van der Waals surface area contributed by atoms with Gasteiger partial charge in [0.05, 0.1) is 5.69 Å². The Labute approximate surface area is 223 Å². The molecule has 1 aliphatic heterocycles. The summed E-state index contributed by atoms with van der Waals surface area (Å²) in [5.41, 5.74) is 3.27. The van der Waals surface area contributed by atoms with Crippen molar-refractivity contribution in [2.45, 2.75) is 51.5 Å². The van der Waals surface area contributed by atoms with Gasteiger partial charge in [-0.1, -0.05) is 6.07 Å². The number of carboxylic acid groups (broad SMARTS) is 1. The van der Waals surface area contributed by atoms with Gasteiger partial charge in [-0.15, -0.1) is 0 Å². The summed E-state index contributed by atoms with van der Waals surface area (Å²) in [6.07, 6.45) is 10.3. The molecule has 0 radical (unpaired) electrons. The molecule has 4 rings (SSSR count). The number of hydrogen-bond donors (Lipinski definition) is 3. The van der Waals surface area contributed by atoms with Gasteiger partial charge in [0, 0.05) is 37.7 Å². The number of ether oxygens (including phenoxy) is 1. The lowest BCUT2D eigenvalue weighted by Gasteiger charge is -2.25. The first-order chi connectivity index (χ1) is 18.6. The number of aryl methyl sites for hydroxylation is 3. The summed E-state index contributed by atoms with van der Waals surface area (Å²) in [5.74, 6) is 1.40. The highest BCUT2D eigenvalue weighted by Gasteiger charge is 2.19. The van der Waals surface area contributed by atoms with Crippen molar-refractivity contribution in [1.29, 1.82) is 0 Å². The summed E-state index contributed by atoms with van der Waals surface area (Å²) in [6, 6.07) is 9.04. The van der Waals surface area contributed by atoms with E-state index in [1.54, 1.807) is 18.5 Å². The van der Waals surface area contributed by atoms with E-state index in [1.165, 1.54) is 11.9 Å². The van der Waals surface area contributed by atoms with Crippen LogP contribution in [0.2, 0.25) is 0 Å². The molecule has 38 heavy (non-hydrogen) atoms. The van der Waals surface area contributed by atoms with Gasteiger partial charge in [-0.25, -0.2) is 19.7 Å². The van der Waals surface area contributed by atoms with Gasteiger partial charge in [0.1, 0.15) is 36.4 Å². The van der Waals surface area contributed by atoms with Crippen LogP contribution in [0.15, 0.2) is 49.1 Å². The second kappa shape index (κ2) is 14.2. The Hall–Kier alpha value is -3.79. The van der Waals surface area contributed by atoms with Gasteiger partial charge in [0.25, 0.3) is 0 Å². The summed E-state index contributed by atoms with van der Waals surface area (Å²) in [7, 11) is 0. The minimum atomic E-state index is -0.905. The summed E-state index contributed by atoms with van der Waals surface area (Å²) in [4.78, 5) is 31.2. The summed E-state index contributed by atoms with van der Waals surface area (Å²) < 4.78 is 5.98. The Morgan fingerprint density at radius 1 is 1.16 bits per heavy atom. The topological polar surface area (TPSA) is 125 Å². The third kappa shape index (κ3) is 8.37. The molecule has 0 bridgehead atoms. The minimum absolute atomic E-state index is 0.434. The Balaban J connectivity index is 1.30. The number of aliphatic carboxylic acids is 1. The van der Waals surface area contributed by atoms with Crippen LogP contribution in [0.1, 0.15) is 42.6 Å². The fraction of sp³-hybridized carbons (Fsp3) is 0.464. The first kappa shape index (κ1) is 27.3. The highest BCUT2D eigenvalue weighted by molar-refractivity contribution is 5.76. The van der Waals surface area contributed by atoms with Crippen LogP contribution in [-0.4, -0.2) is 74.7 Å². The van der Waals surface area contributed by atoms with Crippen molar-refractivity contribution < 1.29 is 14.6 Å². The van der Waals surface area contributed by atoms with E-state index < -0.39 is 12.0 Å². The van der Waals surface area contributed by atoms with Gasteiger partial charge in [0.2, 0.25) is 0 Å². The normalized spacial score (nSPS) is 13.4. The van der Waals surface area contributed by atoms with Crippen molar-refractivity contribution in [3.8, 4) is 5.75 Å². The quantitative estimate of drug-likeness (QED) is 0.257. The highest BCUT2D eigenvalue weighted by Crippen LogP contribution is 2.20. The van der Waals surface area contributed by atoms with Crippen molar-refractivity contribution in [2.75, 3.05) is 43.4 Å². The van der Waals surface area contributed by atoms with E-state index in [-0.39, 0.29) is 0 Å². The Morgan fingerprint density at radius 3 is 2.89 bits per heavy atom. The van der Waals surface area contributed by atoms with E-state index in [0.717, 1.165) is 68.1 Å². The molecule has 0 unspecified atom stereocenters. The van der Waals surface area contributed by atoms with Crippen LogP contribution >= 0.6 is 0 Å². The lowest BCUT2D eigenvalue weighted by Crippen LogP contribution is -2.37. The molecule has 0 fully saturated rings. The zero-order chi connectivity index (χ0) is 26.6. The zero-order valence-electron chi connectivity index (χ0n) is 22.0. The van der Waals surface area contributed by atoms with Crippen LogP contribution in [0, 0.1) is 6.92 Å². The molecule has 10 nitrogen and oxygen atoms in total. The fourth-order valence-electron chi connectivity index (χ4n) is 4.52. The van der Waals surface area contributed by atoms with Gasteiger partial charge in [0.15, 0.2) is 0 Å². The molecule has 0 aromatic carbocycles. The maximum Gasteiger partial charge on any atom is 0.326 e. The molecule has 0 saturated heterocycles. The first-order valence-electron chi connectivity index (χ1n) is 13.3. The van der Waals surface area contributed by atoms with E-state index in [1.807, 2.05) is 19.1 Å². The molecule has 0 aliphatic carbocycles. The maximum atomic E-state index is 11.9. The third-order valence-electron chi connectivity index (χ3n) is 6.67. The van der Waals surface area contributed by atoms with E-state index >= 15 is 0 Å². The lowest BCUT2D eigenvalue weighted by atomic mass is 10.1. The van der Waals surface area contributed by atoms with E-state index in [9.17, 15) is 9.90 Å². The Morgan fingerprint density at radius 2 is 2.08 bits per heavy atom. The van der Waals surface area contributed by atoms with Crippen molar-refractivity contribution in [2.24, 2.45) is 0 Å². The molecular formula is C28H37N7O3. The smallest absolute Gasteiger partial charge is 0.326 e. The second-order valence-corrected chi connectivity index (χ2v) is 9.49. The first-order valence-corrected chi connectivity index (χ1v) is 13.3. The van der Waals surface area contributed by atoms with Crippen LogP contribution in [0.5, 0.6) is 5.75 Å². The average molecular weight is 520 g/mol. The van der Waals surface area contributed by atoms with E-state index in [0.29, 0.717) is 31.9 Å². The summed E-state index contributed by atoms with van der Waals surface area (Å²) >= 11 is 0. The SMILES string of the molecule is Cc1ncccc1OCCN(CCCCc1ccc2c(n1)NCCC2)CC[C@H](Nc1ccncn1)C(=O)O. The third-order valence-corrected chi connectivity index (χ3v) is 6.67. The molecular weight excluding hydrogens is 482 g/mol. The number of unbranched alkanes of at least 4 members (excludes halogenated alkanes) is 1. The van der Waals surface area contributed by atoms with Gasteiger partial charge in [-0.3, -0.25) is 9.88 Å². The number of anilines is 2. The van der Waals surface area contributed by atoms with Gasteiger partial charge < -0.3 is 20.5 Å². The van der Waals surface area contributed by atoms with Crippen LogP contribution < -0.4 is 15.4 Å². The van der Waals surface area contributed by atoms with Crippen LogP contribution in [-0.2, 0) is 17.6 Å². The number of nitrogens with one attached hydrogen (secondary N) is 2. The van der Waals surface area contributed by atoms with Gasteiger partial charge >= 0.3 is 5.97 Å². The number of aromatic nitrogens is 4. The molecule has 1 atom stereocenters. The predicted molar refractivity (Wildman–Crippen MR) is 147 cm³/mol. The van der Waals surface area contributed by atoms with Crippen LogP contribution in [0.4, 0.5) is 11.6 Å². The minimum Gasteiger partial charge on any atom is -0.490 e. The number of rotatable bonds is 15. The lowest BCUT2D eigenvalue weighted by molar-refractivity contribution is -0.138. The molecule has 3 aromatic rings.